The number of benzene rings is 1. The second-order valence-electron chi connectivity index (χ2n) is 8.59. The number of nitrogens with two attached hydrogens (primary N) is 1. The summed E-state index contributed by atoms with van der Waals surface area (Å²) in [7, 11) is -1.41. The second kappa shape index (κ2) is 12.8. The molecule has 4 N–H and O–H groups in total. The maximum Gasteiger partial charge on any atom is 0.614 e. The summed E-state index contributed by atoms with van der Waals surface area (Å²) in [6.07, 6.45) is 4.26. The minimum absolute atomic E-state index is 0.0390. The molecule has 3 aromatic rings. The molecule has 2 heterocycles. The number of nitrogens with one attached hydrogen (secondary N) is 1. The van der Waals surface area contributed by atoms with Crippen LogP contribution in [0.15, 0.2) is 36.7 Å². The van der Waals surface area contributed by atoms with Crippen LogP contribution in [0, 0.1) is 18.4 Å². The minimum atomic E-state index is -2.65. The molecule has 0 saturated heterocycles. The fourth-order valence-corrected chi connectivity index (χ4v) is 4.39. The van der Waals surface area contributed by atoms with Gasteiger partial charge in [0.15, 0.2) is 23.1 Å². The molecule has 0 fully saturated rings. The van der Waals surface area contributed by atoms with Gasteiger partial charge in [-0.05, 0) is 24.0 Å². The molecule has 1 unspecified atom stereocenters. The Bertz CT molecular complexity index is 1320. The summed E-state index contributed by atoms with van der Waals surface area (Å²) in [5.74, 6) is 1.57. The molecule has 0 aliphatic rings. The van der Waals surface area contributed by atoms with E-state index in [1.807, 2.05) is 30.3 Å². The summed E-state index contributed by atoms with van der Waals surface area (Å²) in [6, 6.07) is 8.13. The number of aliphatic hydroxyl groups excluding tert-OH is 1. The van der Waals surface area contributed by atoms with Crippen LogP contribution in [0.2, 0.25) is 0 Å². The lowest BCUT2D eigenvalue weighted by molar-refractivity contribution is -0.149. The average Bonchev–Trinajstić information content (AvgIpc) is 3.27. The number of esters is 1. The molecule has 38 heavy (non-hydrogen) atoms. The van der Waals surface area contributed by atoms with Crippen LogP contribution in [0.1, 0.15) is 19.4 Å². The molecular formula is C24H29FN6O6P+. The van der Waals surface area contributed by atoms with E-state index in [0.717, 1.165) is 5.56 Å². The first-order valence-corrected chi connectivity index (χ1v) is 12.7. The Morgan fingerprint density at radius 3 is 2.68 bits per heavy atom. The number of aromatic nitrogens is 4. The number of aliphatic hydroxyl groups is 1. The summed E-state index contributed by atoms with van der Waals surface area (Å²) in [6.45, 7) is 2.65. The normalized spacial score (nSPS) is 15.0. The van der Waals surface area contributed by atoms with Gasteiger partial charge in [-0.3, -0.25) is 4.79 Å². The molecule has 0 bridgehead atoms. The van der Waals surface area contributed by atoms with Crippen molar-refractivity contribution >= 4 is 31.1 Å². The van der Waals surface area contributed by atoms with Crippen LogP contribution in [0.5, 0.6) is 0 Å². The second-order valence-corrected chi connectivity index (χ2v) is 9.62. The van der Waals surface area contributed by atoms with Gasteiger partial charge in [0.2, 0.25) is 0 Å². The van der Waals surface area contributed by atoms with E-state index in [4.69, 9.17) is 26.2 Å². The Hall–Kier alpha value is -3.53. The molecule has 1 aromatic carbocycles. The fourth-order valence-electron chi connectivity index (χ4n) is 3.56. The number of anilines is 1. The van der Waals surface area contributed by atoms with E-state index in [1.54, 1.807) is 13.8 Å². The summed E-state index contributed by atoms with van der Waals surface area (Å²) < 4.78 is 43.9. The number of carbonyl (C=O) groups excluding carboxylic acids is 1. The quantitative estimate of drug-likeness (QED) is 0.124. The molecule has 3 rings (SSSR count). The number of terminal acetylenes is 1. The third-order valence-electron chi connectivity index (χ3n) is 5.56. The highest BCUT2D eigenvalue weighted by molar-refractivity contribution is 7.36. The Morgan fingerprint density at radius 1 is 1.34 bits per heavy atom. The van der Waals surface area contributed by atoms with Gasteiger partial charge in [0, 0.05) is 13.5 Å². The number of nitrogens with zero attached hydrogens (tertiary/aromatic N) is 4. The largest absolute Gasteiger partial charge is 0.614 e. The third-order valence-corrected chi connectivity index (χ3v) is 6.44. The SMILES string of the molecule is C#C[C@](CO[P+](=O)N[C@@H](Cc1ccccc1)C(=O)OC(C)C)(OC)[C@@H](O)Cn1cnc2c(N)nc(F)nc21. The fraction of sp³-hybridized carbons (Fsp3) is 0.417. The molecular weight excluding hydrogens is 518 g/mol. The van der Waals surface area contributed by atoms with E-state index in [9.17, 15) is 18.9 Å². The molecule has 0 saturated carbocycles. The predicted molar refractivity (Wildman–Crippen MR) is 136 cm³/mol. The maximum atomic E-state index is 13.7. The number of nitrogen functional groups attached to an aromatic ring is 1. The highest BCUT2D eigenvalue weighted by Crippen LogP contribution is 2.27. The number of rotatable bonds is 13. The molecule has 202 valence electrons. The van der Waals surface area contributed by atoms with E-state index in [0.29, 0.717) is 0 Å². The topological polar surface area (TPSA) is 164 Å². The van der Waals surface area contributed by atoms with Crippen molar-refractivity contribution in [1.82, 2.24) is 24.6 Å². The van der Waals surface area contributed by atoms with Gasteiger partial charge < -0.3 is 24.9 Å². The lowest BCUT2D eigenvalue weighted by atomic mass is 9.98. The highest BCUT2D eigenvalue weighted by atomic mass is 31.1. The number of carbonyl (C=O) groups is 1. The van der Waals surface area contributed by atoms with E-state index in [-0.39, 0.29) is 36.1 Å². The number of imidazole rings is 1. The van der Waals surface area contributed by atoms with Crippen molar-refractivity contribution in [2.24, 2.45) is 0 Å². The number of ether oxygens (including phenoxy) is 2. The summed E-state index contributed by atoms with van der Waals surface area (Å²) in [4.78, 5) is 23.7. The van der Waals surface area contributed by atoms with Crippen LogP contribution in [0.3, 0.4) is 0 Å². The van der Waals surface area contributed by atoms with Gasteiger partial charge in [-0.1, -0.05) is 41.3 Å². The van der Waals surface area contributed by atoms with Gasteiger partial charge in [0.25, 0.3) is 0 Å². The molecule has 0 aliphatic carbocycles. The van der Waals surface area contributed by atoms with Crippen LogP contribution in [-0.4, -0.2) is 68.2 Å². The number of fused-ring (bicyclic) bond motifs is 1. The van der Waals surface area contributed by atoms with E-state index in [2.05, 4.69) is 26.0 Å². The van der Waals surface area contributed by atoms with Gasteiger partial charge in [-0.15, -0.1) is 10.9 Å². The zero-order valence-electron chi connectivity index (χ0n) is 21.1. The first-order chi connectivity index (χ1) is 18.1. The summed E-state index contributed by atoms with van der Waals surface area (Å²) in [5, 5.41) is 13.6. The van der Waals surface area contributed by atoms with Crippen LogP contribution < -0.4 is 10.8 Å². The molecule has 0 spiro atoms. The smallest absolute Gasteiger partial charge is 0.462 e. The molecule has 0 amide bonds. The molecule has 0 aliphatic heterocycles. The Balaban J connectivity index is 1.71. The van der Waals surface area contributed by atoms with Crippen LogP contribution >= 0.6 is 8.18 Å². The Kier molecular flexibility index (Phi) is 9.79. The summed E-state index contributed by atoms with van der Waals surface area (Å²) >= 11 is 0. The van der Waals surface area contributed by atoms with Gasteiger partial charge in [-0.25, -0.2) is 4.98 Å². The molecule has 0 radical (unpaired) electrons. The zero-order chi connectivity index (χ0) is 27.9. The number of hydrogen-bond donors (Lipinski definition) is 3. The maximum absolute atomic E-state index is 13.7. The number of halogens is 1. The van der Waals surface area contributed by atoms with Crippen molar-refractivity contribution < 1.29 is 32.9 Å². The molecule has 2 aromatic heterocycles. The first kappa shape index (κ1) is 29.0. The van der Waals surface area contributed by atoms with Gasteiger partial charge >= 0.3 is 20.2 Å². The third kappa shape index (κ3) is 7.06. The van der Waals surface area contributed by atoms with Crippen molar-refractivity contribution in [1.29, 1.82) is 0 Å². The van der Waals surface area contributed by atoms with Crippen molar-refractivity contribution in [3.8, 4) is 12.3 Å². The Labute approximate surface area is 219 Å². The first-order valence-electron chi connectivity index (χ1n) is 11.5. The Morgan fingerprint density at radius 2 is 2.05 bits per heavy atom. The number of hydrogen-bond acceptors (Lipinski definition) is 10. The van der Waals surface area contributed by atoms with Crippen LogP contribution in [0.4, 0.5) is 10.2 Å². The van der Waals surface area contributed by atoms with Crippen molar-refractivity contribution in [2.75, 3.05) is 19.5 Å². The lowest BCUT2D eigenvalue weighted by Gasteiger charge is -2.30. The minimum Gasteiger partial charge on any atom is -0.462 e. The summed E-state index contributed by atoms with van der Waals surface area (Å²) in [5.41, 5.74) is 4.90. The average molecular weight is 548 g/mol. The predicted octanol–water partition coefficient (Wildman–Crippen LogP) is 1.75. The van der Waals surface area contributed by atoms with E-state index in [1.165, 1.54) is 18.0 Å². The zero-order valence-corrected chi connectivity index (χ0v) is 22.0. The van der Waals surface area contributed by atoms with Crippen LogP contribution in [-0.2, 0) is 36.3 Å². The van der Waals surface area contributed by atoms with Crippen molar-refractivity contribution in [3.63, 3.8) is 0 Å². The van der Waals surface area contributed by atoms with Crippen molar-refractivity contribution in [3.05, 3.63) is 48.3 Å². The van der Waals surface area contributed by atoms with E-state index < -0.39 is 44.6 Å². The molecule has 14 heteroatoms. The number of methoxy groups -OCH3 is 1. The standard InChI is InChI=1S/C24H29FN6O6P/c1-5-24(35-4,18(32)12-31-14-27-19-20(26)28-23(25)29-21(19)31)13-36-38(34)30-17(22(33)37-15(2)3)11-16-9-7-6-8-10-16/h1,6-10,14-15,17-18,32H,11-13H2,2-4H3,(H,30,34)(H2,26,28,29)/q+1/t17-,18-,24+/m0/s1. The van der Waals surface area contributed by atoms with Gasteiger partial charge in [0.1, 0.15) is 18.2 Å². The highest BCUT2D eigenvalue weighted by Gasteiger charge is 2.42. The van der Waals surface area contributed by atoms with Gasteiger partial charge in [0.05, 0.1) is 19.0 Å². The van der Waals surface area contributed by atoms with Gasteiger partial charge in [-0.2, -0.15) is 14.4 Å². The van der Waals surface area contributed by atoms with E-state index >= 15 is 0 Å². The molecule has 12 nitrogen and oxygen atoms in total. The monoisotopic (exact) mass is 547 g/mol. The van der Waals surface area contributed by atoms with Crippen LogP contribution in [0.25, 0.3) is 11.2 Å². The molecule has 4 atom stereocenters. The lowest BCUT2D eigenvalue weighted by Crippen LogP contribution is -2.49. The van der Waals surface area contributed by atoms with Crippen molar-refractivity contribution in [2.45, 2.75) is 50.7 Å².